The molecule has 1 aliphatic rings. The topological polar surface area (TPSA) is 44.8 Å². The number of esters is 1. The van der Waals surface area contributed by atoms with E-state index in [-0.39, 0.29) is 17.1 Å². The van der Waals surface area contributed by atoms with E-state index in [9.17, 15) is 9.18 Å². The van der Waals surface area contributed by atoms with Crippen LogP contribution < -0.4 is 4.74 Å². The standard InChI is InChI=1S/C14H17FO4/c1-17-12-4-3-10(7-11(12)15)14(8-19-9-14)6-5-13(16)18-2/h3-4,7H,5-6,8-9H2,1-2H3. The van der Waals surface area contributed by atoms with Crippen LogP contribution in [0.5, 0.6) is 5.75 Å². The van der Waals surface area contributed by atoms with Crippen molar-refractivity contribution >= 4 is 5.97 Å². The Kier molecular flexibility index (Phi) is 4.04. The first-order valence-electron chi connectivity index (χ1n) is 6.10. The monoisotopic (exact) mass is 268 g/mol. The average Bonchev–Trinajstić information content (AvgIpc) is 2.37. The molecule has 1 saturated heterocycles. The van der Waals surface area contributed by atoms with E-state index in [0.29, 0.717) is 26.1 Å². The summed E-state index contributed by atoms with van der Waals surface area (Å²) >= 11 is 0. The van der Waals surface area contributed by atoms with Crippen LogP contribution >= 0.6 is 0 Å². The maximum atomic E-state index is 13.7. The zero-order valence-electron chi connectivity index (χ0n) is 11.1. The van der Waals surface area contributed by atoms with Crippen LogP contribution in [-0.4, -0.2) is 33.4 Å². The first kappa shape index (κ1) is 13.8. The number of benzene rings is 1. The van der Waals surface area contributed by atoms with Gasteiger partial charge in [-0.2, -0.15) is 0 Å². The number of carbonyl (C=O) groups excluding carboxylic acids is 1. The molecule has 4 nitrogen and oxygen atoms in total. The second kappa shape index (κ2) is 5.57. The highest BCUT2D eigenvalue weighted by Crippen LogP contribution is 2.38. The average molecular weight is 268 g/mol. The molecule has 2 rings (SSSR count). The number of halogens is 1. The Morgan fingerprint density at radius 3 is 2.63 bits per heavy atom. The van der Waals surface area contributed by atoms with Crippen molar-refractivity contribution in [1.29, 1.82) is 0 Å². The van der Waals surface area contributed by atoms with E-state index < -0.39 is 5.82 Å². The number of hydrogen-bond donors (Lipinski definition) is 0. The summed E-state index contributed by atoms with van der Waals surface area (Å²) in [6.07, 6.45) is 0.888. The summed E-state index contributed by atoms with van der Waals surface area (Å²) in [7, 11) is 2.79. The molecular formula is C14H17FO4. The Morgan fingerprint density at radius 1 is 1.42 bits per heavy atom. The van der Waals surface area contributed by atoms with E-state index in [1.54, 1.807) is 6.07 Å². The van der Waals surface area contributed by atoms with Crippen LogP contribution in [0, 0.1) is 5.82 Å². The molecule has 0 amide bonds. The number of rotatable bonds is 5. The van der Waals surface area contributed by atoms with Gasteiger partial charge in [0.1, 0.15) is 0 Å². The van der Waals surface area contributed by atoms with E-state index in [2.05, 4.69) is 4.74 Å². The maximum Gasteiger partial charge on any atom is 0.305 e. The van der Waals surface area contributed by atoms with Crippen molar-refractivity contribution in [3.05, 3.63) is 29.6 Å². The van der Waals surface area contributed by atoms with Crippen LogP contribution in [0.4, 0.5) is 4.39 Å². The Bertz CT molecular complexity index is 469. The molecule has 1 fully saturated rings. The predicted octanol–water partition coefficient (Wildman–Crippen LogP) is 2.06. The number of ether oxygens (including phenoxy) is 3. The summed E-state index contributed by atoms with van der Waals surface area (Å²) < 4.78 is 28.5. The highest BCUT2D eigenvalue weighted by molar-refractivity contribution is 5.69. The largest absolute Gasteiger partial charge is 0.494 e. The molecule has 0 aromatic heterocycles. The van der Waals surface area contributed by atoms with Gasteiger partial charge >= 0.3 is 5.97 Å². The summed E-state index contributed by atoms with van der Waals surface area (Å²) in [6.45, 7) is 0.992. The van der Waals surface area contributed by atoms with Crippen LogP contribution in [-0.2, 0) is 19.7 Å². The summed E-state index contributed by atoms with van der Waals surface area (Å²) in [4.78, 5) is 11.2. The third kappa shape index (κ3) is 2.71. The summed E-state index contributed by atoms with van der Waals surface area (Å²) in [6, 6.07) is 4.88. The van der Waals surface area contributed by atoms with Gasteiger partial charge in [0.2, 0.25) is 0 Å². The Hall–Kier alpha value is -1.62. The molecule has 19 heavy (non-hydrogen) atoms. The zero-order chi connectivity index (χ0) is 13.9. The van der Waals surface area contributed by atoms with Gasteiger partial charge in [0.25, 0.3) is 0 Å². The van der Waals surface area contributed by atoms with Gasteiger partial charge in [-0.05, 0) is 24.1 Å². The molecule has 5 heteroatoms. The van der Waals surface area contributed by atoms with Gasteiger partial charge in [-0.3, -0.25) is 4.79 Å². The number of carbonyl (C=O) groups is 1. The molecular weight excluding hydrogens is 251 g/mol. The molecule has 1 heterocycles. The lowest BCUT2D eigenvalue weighted by Crippen LogP contribution is -2.47. The lowest BCUT2D eigenvalue weighted by molar-refractivity contribution is -0.142. The van der Waals surface area contributed by atoms with Crippen LogP contribution in [0.1, 0.15) is 18.4 Å². The van der Waals surface area contributed by atoms with Crippen molar-refractivity contribution in [3.63, 3.8) is 0 Å². The van der Waals surface area contributed by atoms with E-state index in [4.69, 9.17) is 9.47 Å². The number of hydrogen-bond acceptors (Lipinski definition) is 4. The molecule has 0 atom stereocenters. The van der Waals surface area contributed by atoms with Crippen LogP contribution in [0.2, 0.25) is 0 Å². The first-order valence-corrected chi connectivity index (χ1v) is 6.10. The smallest absolute Gasteiger partial charge is 0.305 e. The van der Waals surface area contributed by atoms with Crippen molar-refractivity contribution in [2.24, 2.45) is 0 Å². The van der Waals surface area contributed by atoms with Crippen molar-refractivity contribution in [2.45, 2.75) is 18.3 Å². The molecule has 1 aromatic carbocycles. The first-order chi connectivity index (χ1) is 9.11. The molecule has 104 valence electrons. The highest BCUT2D eigenvalue weighted by atomic mass is 19.1. The summed E-state index contributed by atoms with van der Waals surface area (Å²) in [5, 5.41) is 0. The lowest BCUT2D eigenvalue weighted by Gasteiger charge is -2.42. The van der Waals surface area contributed by atoms with E-state index in [1.807, 2.05) is 6.07 Å². The van der Waals surface area contributed by atoms with Crippen molar-refractivity contribution in [2.75, 3.05) is 27.4 Å². The highest BCUT2D eigenvalue weighted by Gasteiger charge is 2.40. The van der Waals surface area contributed by atoms with Crippen molar-refractivity contribution in [1.82, 2.24) is 0 Å². The van der Waals surface area contributed by atoms with Crippen molar-refractivity contribution < 1.29 is 23.4 Å². The lowest BCUT2D eigenvalue weighted by atomic mass is 9.75. The van der Waals surface area contributed by atoms with Crippen LogP contribution in [0.3, 0.4) is 0 Å². The fraction of sp³-hybridized carbons (Fsp3) is 0.500. The Balaban J connectivity index is 2.16. The van der Waals surface area contributed by atoms with Crippen molar-refractivity contribution in [3.8, 4) is 5.75 Å². The normalized spacial score (nSPS) is 16.6. The molecule has 0 bridgehead atoms. The van der Waals surface area contributed by atoms with Gasteiger partial charge in [0, 0.05) is 11.8 Å². The second-order valence-electron chi connectivity index (χ2n) is 4.70. The second-order valence-corrected chi connectivity index (χ2v) is 4.70. The number of methoxy groups -OCH3 is 2. The van der Waals surface area contributed by atoms with Crippen LogP contribution in [0.15, 0.2) is 18.2 Å². The fourth-order valence-corrected chi connectivity index (χ4v) is 2.24. The quantitative estimate of drug-likeness (QED) is 0.767. The molecule has 0 saturated carbocycles. The molecule has 0 unspecified atom stereocenters. The molecule has 0 aliphatic carbocycles. The minimum absolute atomic E-state index is 0.215. The molecule has 1 aromatic rings. The van der Waals surface area contributed by atoms with Gasteiger partial charge in [-0.15, -0.1) is 0 Å². The zero-order valence-corrected chi connectivity index (χ0v) is 11.1. The predicted molar refractivity (Wildman–Crippen MR) is 66.7 cm³/mol. The third-order valence-corrected chi connectivity index (χ3v) is 3.56. The molecule has 0 N–H and O–H groups in total. The summed E-state index contributed by atoms with van der Waals surface area (Å²) in [5.74, 6) is -0.447. The van der Waals surface area contributed by atoms with Gasteiger partial charge in [0.05, 0.1) is 27.4 Å². The third-order valence-electron chi connectivity index (χ3n) is 3.56. The minimum atomic E-state index is -0.399. The Morgan fingerprint density at radius 2 is 2.16 bits per heavy atom. The van der Waals surface area contributed by atoms with Gasteiger partial charge < -0.3 is 14.2 Å². The van der Waals surface area contributed by atoms with E-state index in [0.717, 1.165) is 5.56 Å². The van der Waals surface area contributed by atoms with Gasteiger partial charge in [-0.25, -0.2) is 4.39 Å². The van der Waals surface area contributed by atoms with E-state index >= 15 is 0 Å². The molecule has 1 aliphatic heterocycles. The SMILES string of the molecule is COC(=O)CCC1(c2ccc(OC)c(F)c2)COC1. The van der Waals surface area contributed by atoms with Gasteiger partial charge in [0.15, 0.2) is 11.6 Å². The Labute approximate surface area is 111 Å². The van der Waals surface area contributed by atoms with E-state index in [1.165, 1.54) is 20.3 Å². The minimum Gasteiger partial charge on any atom is -0.494 e. The maximum absolute atomic E-state index is 13.7. The fourth-order valence-electron chi connectivity index (χ4n) is 2.24. The summed E-state index contributed by atoms with van der Waals surface area (Å²) in [5.41, 5.74) is 0.544. The molecule has 0 radical (unpaired) electrons. The van der Waals surface area contributed by atoms with Gasteiger partial charge in [-0.1, -0.05) is 6.07 Å². The molecule has 0 spiro atoms. The van der Waals surface area contributed by atoms with Crippen LogP contribution in [0.25, 0.3) is 0 Å².